The maximum absolute atomic E-state index is 5.86. The van der Waals surface area contributed by atoms with Gasteiger partial charge in [-0.1, -0.05) is 0 Å². The van der Waals surface area contributed by atoms with Crippen LogP contribution in [0.3, 0.4) is 0 Å². The number of nitrogens with zero attached hydrogens (tertiary/aromatic N) is 3. The van der Waals surface area contributed by atoms with Crippen molar-refractivity contribution < 1.29 is 4.74 Å². The minimum atomic E-state index is -0.334. The lowest BCUT2D eigenvalue weighted by Gasteiger charge is -2.21. The molecule has 0 amide bonds. The number of aromatic nitrogens is 3. The SMILES string of the molecule is Cc1ccn(-c2ccc(N)c(OC(C)(C)C)n2)n1. The van der Waals surface area contributed by atoms with E-state index in [9.17, 15) is 0 Å². The Morgan fingerprint density at radius 3 is 2.50 bits per heavy atom. The van der Waals surface area contributed by atoms with Crippen molar-refractivity contribution in [3.05, 3.63) is 30.1 Å². The summed E-state index contributed by atoms with van der Waals surface area (Å²) in [6.07, 6.45) is 1.86. The number of nitrogens with two attached hydrogens (primary N) is 1. The van der Waals surface area contributed by atoms with Crippen LogP contribution >= 0.6 is 0 Å². The Morgan fingerprint density at radius 2 is 1.94 bits per heavy atom. The van der Waals surface area contributed by atoms with Gasteiger partial charge in [0.2, 0.25) is 5.88 Å². The summed E-state index contributed by atoms with van der Waals surface area (Å²) in [4.78, 5) is 4.39. The van der Waals surface area contributed by atoms with E-state index in [-0.39, 0.29) is 5.60 Å². The molecule has 2 aromatic heterocycles. The molecule has 2 rings (SSSR count). The van der Waals surface area contributed by atoms with E-state index in [0.717, 1.165) is 5.69 Å². The highest BCUT2D eigenvalue weighted by Gasteiger charge is 2.16. The molecule has 2 heterocycles. The third-order valence-corrected chi connectivity index (χ3v) is 2.24. The molecule has 0 radical (unpaired) electrons. The van der Waals surface area contributed by atoms with Crippen LogP contribution in [0, 0.1) is 6.92 Å². The molecule has 0 atom stereocenters. The third kappa shape index (κ3) is 2.80. The zero-order valence-electron chi connectivity index (χ0n) is 11.1. The number of ether oxygens (including phenoxy) is 1. The Morgan fingerprint density at radius 1 is 1.22 bits per heavy atom. The molecule has 0 aliphatic heterocycles. The van der Waals surface area contributed by atoms with Gasteiger partial charge in [0.25, 0.3) is 0 Å². The molecule has 0 saturated carbocycles. The van der Waals surface area contributed by atoms with Crippen LogP contribution in [-0.4, -0.2) is 20.4 Å². The first kappa shape index (κ1) is 12.4. The smallest absolute Gasteiger partial charge is 0.239 e. The number of hydrogen-bond acceptors (Lipinski definition) is 4. The number of anilines is 1. The van der Waals surface area contributed by atoms with Crippen molar-refractivity contribution in [1.82, 2.24) is 14.8 Å². The van der Waals surface area contributed by atoms with Gasteiger partial charge in [0, 0.05) is 6.20 Å². The Labute approximate surface area is 107 Å². The van der Waals surface area contributed by atoms with Crippen LogP contribution in [0.5, 0.6) is 5.88 Å². The number of nitrogen functional groups attached to an aromatic ring is 1. The lowest BCUT2D eigenvalue weighted by Crippen LogP contribution is -2.24. The molecule has 2 aromatic rings. The van der Waals surface area contributed by atoms with Gasteiger partial charge in [-0.3, -0.25) is 0 Å². The summed E-state index contributed by atoms with van der Waals surface area (Å²) in [5.41, 5.74) is 6.99. The summed E-state index contributed by atoms with van der Waals surface area (Å²) in [6.45, 7) is 7.80. The second-order valence-electron chi connectivity index (χ2n) is 5.18. The van der Waals surface area contributed by atoms with E-state index in [2.05, 4.69) is 10.1 Å². The molecule has 5 nitrogen and oxygen atoms in total. The van der Waals surface area contributed by atoms with Gasteiger partial charge in [-0.2, -0.15) is 10.1 Å². The number of pyridine rings is 1. The third-order valence-electron chi connectivity index (χ3n) is 2.24. The molecule has 0 aliphatic carbocycles. The van der Waals surface area contributed by atoms with Crippen molar-refractivity contribution in [2.45, 2.75) is 33.3 Å². The normalized spacial score (nSPS) is 11.6. The maximum atomic E-state index is 5.86. The fourth-order valence-corrected chi connectivity index (χ4v) is 1.48. The highest BCUT2D eigenvalue weighted by atomic mass is 16.5. The van der Waals surface area contributed by atoms with Crippen molar-refractivity contribution in [2.24, 2.45) is 0 Å². The fourth-order valence-electron chi connectivity index (χ4n) is 1.48. The molecule has 18 heavy (non-hydrogen) atoms. The minimum absolute atomic E-state index is 0.334. The van der Waals surface area contributed by atoms with Gasteiger partial charge in [0.15, 0.2) is 5.82 Å². The van der Waals surface area contributed by atoms with Gasteiger partial charge in [-0.05, 0) is 45.9 Å². The standard InChI is InChI=1S/C13H18N4O/c1-9-7-8-17(16-9)11-6-5-10(14)12(15-11)18-13(2,3)4/h5-8H,14H2,1-4H3. The monoisotopic (exact) mass is 246 g/mol. The predicted molar refractivity (Wildman–Crippen MR) is 70.9 cm³/mol. The fraction of sp³-hybridized carbons (Fsp3) is 0.385. The van der Waals surface area contributed by atoms with Crippen LogP contribution in [-0.2, 0) is 0 Å². The molecule has 0 fully saturated rings. The molecule has 0 unspecified atom stereocenters. The van der Waals surface area contributed by atoms with E-state index >= 15 is 0 Å². The highest BCUT2D eigenvalue weighted by Crippen LogP contribution is 2.24. The number of hydrogen-bond donors (Lipinski definition) is 1. The number of aryl methyl sites for hydroxylation is 1. The zero-order valence-corrected chi connectivity index (χ0v) is 11.1. The number of rotatable bonds is 2. The van der Waals surface area contributed by atoms with Crippen LogP contribution in [0.2, 0.25) is 0 Å². The Hall–Kier alpha value is -2.04. The Bertz CT molecular complexity index is 554. The van der Waals surface area contributed by atoms with Crippen LogP contribution in [0.25, 0.3) is 5.82 Å². The van der Waals surface area contributed by atoms with Crippen molar-refractivity contribution >= 4 is 5.69 Å². The first-order chi connectivity index (χ1) is 8.35. The van der Waals surface area contributed by atoms with E-state index in [1.807, 2.05) is 46.0 Å². The van der Waals surface area contributed by atoms with Crippen molar-refractivity contribution in [3.63, 3.8) is 0 Å². The minimum Gasteiger partial charge on any atom is -0.470 e. The first-order valence-electron chi connectivity index (χ1n) is 5.83. The van der Waals surface area contributed by atoms with Crippen LogP contribution in [0.1, 0.15) is 26.5 Å². The molecule has 0 saturated heterocycles. The summed E-state index contributed by atoms with van der Waals surface area (Å²) in [5, 5.41) is 4.31. The van der Waals surface area contributed by atoms with E-state index in [1.54, 1.807) is 10.7 Å². The average Bonchev–Trinajstić information content (AvgIpc) is 2.66. The van der Waals surface area contributed by atoms with Gasteiger partial charge < -0.3 is 10.5 Å². The van der Waals surface area contributed by atoms with Gasteiger partial charge >= 0.3 is 0 Å². The summed E-state index contributed by atoms with van der Waals surface area (Å²) in [6, 6.07) is 5.51. The molecular weight excluding hydrogens is 228 g/mol. The quantitative estimate of drug-likeness (QED) is 0.883. The Balaban J connectivity index is 2.37. The first-order valence-corrected chi connectivity index (χ1v) is 5.83. The van der Waals surface area contributed by atoms with Crippen molar-refractivity contribution in [2.75, 3.05) is 5.73 Å². The zero-order chi connectivity index (χ0) is 13.3. The second kappa shape index (κ2) is 4.33. The van der Waals surface area contributed by atoms with E-state index in [0.29, 0.717) is 17.4 Å². The highest BCUT2D eigenvalue weighted by molar-refractivity contribution is 5.50. The Kier molecular flexibility index (Phi) is 2.98. The molecule has 96 valence electrons. The summed E-state index contributed by atoms with van der Waals surface area (Å²) >= 11 is 0. The van der Waals surface area contributed by atoms with Crippen LogP contribution in [0.15, 0.2) is 24.4 Å². The molecule has 2 N–H and O–H groups in total. The molecule has 0 aromatic carbocycles. The van der Waals surface area contributed by atoms with E-state index in [4.69, 9.17) is 10.5 Å². The van der Waals surface area contributed by atoms with E-state index < -0.39 is 0 Å². The van der Waals surface area contributed by atoms with Gasteiger partial charge in [-0.15, -0.1) is 0 Å². The molecule has 0 spiro atoms. The lowest BCUT2D eigenvalue weighted by molar-refractivity contribution is 0.125. The lowest BCUT2D eigenvalue weighted by atomic mass is 10.2. The predicted octanol–water partition coefficient (Wildman–Crippen LogP) is 2.34. The molecular formula is C13H18N4O. The topological polar surface area (TPSA) is 66.0 Å². The summed E-state index contributed by atoms with van der Waals surface area (Å²) < 4.78 is 7.42. The van der Waals surface area contributed by atoms with Crippen molar-refractivity contribution in [3.8, 4) is 11.7 Å². The molecule has 0 aliphatic rings. The molecule has 0 bridgehead atoms. The average molecular weight is 246 g/mol. The largest absolute Gasteiger partial charge is 0.470 e. The van der Waals surface area contributed by atoms with Crippen LogP contribution in [0.4, 0.5) is 5.69 Å². The second-order valence-corrected chi connectivity index (χ2v) is 5.18. The summed E-state index contributed by atoms with van der Waals surface area (Å²) in [7, 11) is 0. The summed E-state index contributed by atoms with van der Waals surface area (Å²) in [5.74, 6) is 1.13. The van der Waals surface area contributed by atoms with E-state index in [1.165, 1.54) is 0 Å². The molecule has 5 heteroatoms. The van der Waals surface area contributed by atoms with Gasteiger partial charge in [-0.25, -0.2) is 4.68 Å². The maximum Gasteiger partial charge on any atom is 0.239 e. The van der Waals surface area contributed by atoms with Gasteiger partial charge in [0.1, 0.15) is 5.60 Å². The van der Waals surface area contributed by atoms with Gasteiger partial charge in [0.05, 0.1) is 11.4 Å². The van der Waals surface area contributed by atoms with Crippen molar-refractivity contribution in [1.29, 1.82) is 0 Å². The van der Waals surface area contributed by atoms with Crippen LogP contribution < -0.4 is 10.5 Å².